The van der Waals surface area contributed by atoms with Crippen molar-refractivity contribution in [3.8, 4) is 0 Å². The van der Waals surface area contributed by atoms with Gasteiger partial charge < -0.3 is 5.32 Å². The second-order valence-corrected chi connectivity index (χ2v) is 9.27. The molecule has 0 radical (unpaired) electrons. The van der Waals surface area contributed by atoms with E-state index in [1.54, 1.807) is 17.5 Å². The predicted molar refractivity (Wildman–Crippen MR) is 109 cm³/mol. The number of amides is 1. The molecule has 1 amide bonds. The molecular formula is C20H18F2N2O3S2. The van der Waals surface area contributed by atoms with E-state index in [0.29, 0.717) is 0 Å². The third-order valence-corrected chi connectivity index (χ3v) is 6.93. The zero-order chi connectivity index (χ0) is 21.2. The van der Waals surface area contributed by atoms with E-state index in [-0.39, 0.29) is 27.6 Å². The van der Waals surface area contributed by atoms with Crippen LogP contribution in [-0.2, 0) is 16.6 Å². The third-order valence-electron chi connectivity index (χ3n) is 4.24. The lowest BCUT2D eigenvalue weighted by molar-refractivity contribution is 0.0955. The molecule has 0 spiro atoms. The Kier molecular flexibility index (Phi) is 5.99. The van der Waals surface area contributed by atoms with Crippen LogP contribution in [0.5, 0.6) is 0 Å². The predicted octanol–water partition coefficient (Wildman–Crippen LogP) is 4.09. The van der Waals surface area contributed by atoms with Crippen molar-refractivity contribution in [2.24, 2.45) is 0 Å². The maximum Gasteiger partial charge on any atom is 0.264 e. The lowest BCUT2D eigenvalue weighted by Crippen LogP contribution is -2.29. The molecule has 0 aliphatic rings. The third kappa shape index (κ3) is 4.63. The first-order valence-electron chi connectivity index (χ1n) is 8.55. The molecule has 0 unspecified atom stereocenters. The highest BCUT2D eigenvalue weighted by Gasteiger charge is 2.26. The van der Waals surface area contributed by atoms with Crippen molar-refractivity contribution in [2.75, 3.05) is 11.4 Å². The summed E-state index contributed by atoms with van der Waals surface area (Å²) in [6, 6.07) is 10.9. The average Bonchev–Trinajstić information content (AvgIpc) is 3.15. The van der Waals surface area contributed by atoms with Gasteiger partial charge in [0.15, 0.2) is 0 Å². The van der Waals surface area contributed by atoms with Crippen LogP contribution in [0, 0.1) is 18.6 Å². The normalized spacial score (nSPS) is 11.3. The number of halogens is 2. The highest BCUT2D eigenvalue weighted by atomic mass is 32.2. The maximum atomic E-state index is 13.3. The molecule has 1 aromatic heterocycles. The fourth-order valence-electron chi connectivity index (χ4n) is 2.69. The summed E-state index contributed by atoms with van der Waals surface area (Å²) in [6.07, 6.45) is 0. The molecule has 2 aromatic carbocycles. The van der Waals surface area contributed by atoms with Gasteiger partial charge in [0, 0.05) is 19.7 Å². The SMILES string of the molecule is Cc1ccc(S(=O)(=O)N(C)c2ccsc2C(=O)NCc2cc(F)cc(F)c2)cc1. The minimum atomic E-state index is -3.85. The standard InChI is InChI=1S/C20H18F2N2O3S2/c1-13-3-5-17(6-4-13)29(26,27)24(2)18-7-8-28-19(18)20(25)23-12-14-9-15(21)11-16(22)10-14/h3-11H,12H2,1-2H3,(H,23,25). The fourth-order valence-corrected chi connectivity index (χ4v) is 4.80. The molecule has 3 aromatic rings. The summed E-state index contributed by atoms with van der Waals surface area (Å²) in [5.41, 5.74) is 1.41. The van der Waals surface area contributed by atoms with Crippen LogP contribution in [0.3, 0.4) is 0 Å². The summed E-state index contributed by atoms with van der Waals surface area (Å²) in [5.74, 6) is -2.02. The first-order valence-corrected chi connectivity index (χ1v) is 10.9. The average molecular weight is 437 g/mol. The Bertz CT molecular complexity index is 1120. The van der Waals surface area contributed by atoms with Crippen molar-refractivity contribution >= 4 is 33.0 Å². The quantitative estimate of drug-likeness (QED) is 0.633. The molecule has 0 aliphatic heterocycles. The molecule has 9 heteroatoms. The van der Waals surface area contributed by atoms with Crippen LogP contribution >= 0.6 is 11.3 Å². The second-order valence-electron chi connectivity index (χ2n) is 6.38. The number of aryl methyl sites for hydroxylation is 1. The van der Waals surface area contributed by atoms with E-state index in [9.17, 15) is 22.0 Å². The van der Waals surface area contributed by atoms with Crippen molar-refractivity contribution in [1.29, 1.82) is 0 Å². The van der Waals surface area contributed by atoms with E-state index in [4.69, 9.17) is 0 Å². The zero-order valence-electron chi connectivity index (χ0n) is 15.6. The van der Waals surface area contributed by atoms with Crippen LogP contribution in [0.4, 0.5) is 14.5 Å². The Morgan fingerprint density at radius 3 is 2.31 bits per heavy atom. The van der Waals surface area contributed by atoms with Gasteiger partial charge >= 0.3 is 0 Å². The number of anilines is 1. The molecule has 0 saturated carbocycles. The van der Waals surface area contributed by atoms with Gasteiger partial charge in [-0.2, -0.15) is 0 Å². The molecule has 5 nitrogen and oxygen atoms in total. The Morgan fingerprint density at radius 1 is 1.07 bits per heavy atom. The second kappa shape index (κ2) is 8.30. The molecular weight excluding hydrogens is 418 g/mol. The molecule has 0 atom stereocenters. The fraction of sp³-hybridized carbons (Fsp3) is 0.150. The van der Waals surface area contributed by atoms with Gasteiger partial charge in [-0.1, -0.05) is 17.7 Å². The summed E-state index contributed by atoms with van der Waals surface area (Å²) in [5, 5.41) is 4.17. The van der Waals surface area contributed by atoms with E-state index in [2.05, 4.69) is 5.32 Å². The van der Waals surface area contributed by atoms with Gasteiger partial charge in [-0.05, 0) is 48.2 Å². The van der Waals surface area contributed by atoms with Crippen molar-refractivity contribution in [1.82, 2.24) is 5.32 Å². The summed E-state index contributed by atoms with van der Waals surface area (Å²) in [4.78, 5) is 12.9. The van der Waals surface area contributed by atoms with Crippen molar-refractivity contribution < 1.29 is 22.0 Å². The number of benzene rings is 2. The summed E-state index contributed by atoms with van der Waals surface area (Å²) in [7, 11) is -2.48. The molecule has 3 rings (SSSR count). The van der Waals surface area contributed by atoms with Gasteiger partial charge in [0.05, 0.1) is 10.6 Å². The van der Waals surface area contributed by atoms with Gasteiger partial charge in [-0.15, -0.1) is 11.3 Å². The molecule has 29 heavy (non-hydrogen) atoms. The summed E-state index contributed by atoms with van der Waals surface area (Å²) < 4.78 is 53.4. The van der Waals surface area contributed by atoms with E-state index in [0.717, 1.165) is 39.4 Å². The Morgan fingerprint density at radius 2 is 1.69 bits per heavy atom. The number of carbonyl (C=O) groups is 1. The van der Waals surface area contributed by atoms with Gasteiger partial charge in [-0.25, -0.2) is 17.2 Å². The minimum Gasteiger partial charge on any atom is -0.347 e. The molecule has 0 bridgehead atoms. The Balaban J connectivity index is 1.80. The van der Waals surface area contributed by atoms with Crippen LogP contribution in [0.1, 0.15) is 20.8 Å². The summed E-state index contributed by atoms with van der Waals surface area (Å²) in [6.45, 7) is 1.76. The zero-order valence-corrected chi connectivity index (χ0v) is 17.3. The lowest BCUT2D eigenvalue weighted by Gasteiger charge is -2.20. The lowest BCUT2D eigenvalue weighted by atomic mass is 10.2. The topological polar surface area (TPSA) is 66.5 Å². The molecule has 152 valence electrons. The first-order chi connectivity index (χ1) is 13.7. The van der Waals surface area contributed by atoms with Gasteiger partial charge in [0.1, 0.15) is 16.5 Å². The van der Waals surface area contributed by atoms with Crippen LogP contribution < -0.4 is 9.62 Å². The van der Waals surface area contributed by atoms with Crippen LogP contribution in [0.25, 0.3) is 0 Å². The summed E-state index contributed by atoms with van der Waals surface area (Å²) >= 11 is 1.07. The van der Waals surface area contributed by atoms with Crippen LogP contribution in [0.2, 0.25) is 0 Å². The molecule has 1 N–H and O–H groups in total. The number of sulfonamides is 1. The number of nitrogens with zero attached hydrogens (tertiary/aromatic N) is 1. The van der Waals surface area contributed by atoms with E-state index < -0.39 is 27.6 Å². The number of thiophene rings is 1. The van der Waals surface area contributed by atoms with E-state index >= 15 is 0 Å². The van der Waals surface area contributed by atoms with Gasteiger partial charge in [0.2, 0.25) is 0 Å². The van der Waals surface area contributed by atoms with Crippen molar-refractivity contribution in [3.05, 3.63) is 81.5 Å². The Hall–Kier alpha value is -2.78. The number of rotatable bonds is 6. The highest BCUT2D eigenvalue weighted by molar-refractivity contribution is 7.92. The maximum absolute atomic E-state index is 13.3. The highest BCUT2D eigenvalue weighted by Crippen LogP contribution is 2.30. The number of hydrogen-bond acceptors (Lipinski definition) is 4. The molecule has 0 aliphatic carbocycles. The largest absolute Gasteiger partial charge is 0.347 e. The van der Waals surface area contributed by atoms with Crippen LogP contribution in [0.15, 0.2) is 58.8 Å². The first kappa shape index (κ1) is 20.9. The van der Waals surface area contributed by atoms with Crippen molar-refractivity contribution in [3.63, 3.8) is 0 Å². The van der Waals surface area contributed by atoms with Gasteiger partial charge in [-0.3, -0.25) is 9.10 Å². The van der Waals surface area contributed by atoms with E-state index in [1.807, 2.05) is 6.92 Å². The molecule has 0 fully saturated rings. The van der Waals surface area contributed by atoms with Crippen LogP contribution in [-0.4, -0.2) is 21.4 Å². The number of carbonyl (C=O) groups excluding carboxylic acids is 1. The minimum absolute atomic E-state index is 0.0979. The number of hydrogen-bond donors (Lipinski definition) is 1. The number of nitrogens with one attached hydrogen (secondary N) is 1. The smallest absolute Gasteiger partial charge is 0.264 e. The Labute approximate surface area is 171 Å². The monoisotopic (exact) mass is 436 g/mol. The van der Waals surface area contributed by atoms with Gasteiger partial charge in [0.25, 0.3) is 15.9 Å². The molecule has 0 saturated heterocycles. The van der Waals surface area contributed by atoms with E-state index in [1.165, 1.54) is 25.2 Å². The molecule has 1 heterocycles. The van der Waals surface area contributed by atoms with Crippen molar-refractivity contribution in [2.45, 2.75) is 18.4 Å².